The Hall–Kier alpha value is -1.98. The fourth-order valence-corrected chi connectivity index (χ4v) is 3.49. The normalized spacial score (nSPS) is 22.0. The number of hydrogen-bond donors (Lipinski definition) is 0. The van der Waals surface area contributed by atoms with E-state index in [-0.39, 0.29) is 0 Å². The Kier molecular flexibility index (Phi) is 4.71. The molecule has 0 N–H and O–H groups in total. The van der Waals surface area contributed by atoms with Crippen LogP contribution in [-0.2, 0) is 4.74 Å². The van der Waals surface area contributed by atoms with Gasteiger partial charge in [0.15, 0.2) is 0 Å². The molecule has 1 unspecified atom stereocenters. The molecule has 3 heterocycles. The lowest BCUT2D eigenvalue weighted by molar-refractivity contribution is 0.164. The van der Waals surface area contributed by atoms with E-state index in [1.54, 1.807) is 0 Å². The highest BCUT2D eigenvalue weighted by Gasteiger charge is 2.23. The van der Waals surface area contributed by atoms with Gasteiger partial charge in [-0.25, -0.2) is 9.97 Å². The molecule has 5 heteroatoms. The standard InChI is InChI=1S/C19H24N4O/c1-2-4-17(5-3-1)18-6-8-20-19(21-18)23-11-9-22(10-12-23)14-16-7-13-24-15-16/h1-6,8,16H,7,9-15H2. The number of piperazine rings is 1. The van der Waals surface area contributed by atoms with Crippen molar-refractivity contribution in [2.24, 2.45) is 5.92 Å². The number of ether oxygens (including phenoxy) is 1. The fraction of sp³-hybridized carbons (Fsp3) is 0.474. The SMILES string of the molecule is c1ccc(-c2ccnc(N3CCN(CC4CCOC4)CC3)n2)cc1. The van der Waals surface area contributed by atoms with Crippen LogP contribution in [0.2, 0.25) is 0 Å². The third-order valence-electron chi connectivity index (χ3n) is 4.91. The summed E-state index contributed by atoms with van der Waals surface area (Å²) in [7, 11) is 0. The zero-order valence-electron chi connectivity index (χ0n) is 14.0. The minimum atomic E-state index is 0.717. The van der Waals surface area contributed by atoms with Gasteiger partial charge in [0.2, 0.25) is 5.95 Å². The van der Waals surface area contributed by atoms with Gasteiger partial charge in [0, 0.05) is 51.1 Å². The molecule has 2 aromatic rings. The highest BCUT2D eigenvalue weighted by Crippen LogP contribution is 2.20. The van der Waals surface area contributed by atoms with E-state index < -0.39 is 0 Å². The van der Waals surface area contributed by atoms with Gasteiger partial charge in [0.1, 0.15) is 0 Å². The predicted molar refractivity (Wildman–Crippen MR) is 95.0 cm³/mol. The Bertz CT molecular complexity index is 649. The number of rotatable bonds is 4. The molecule has 2 aliphatic rings. The third-order valence-corrected chi connectivity index (χ3v) is 4.91. The zero-order valence-corrected chi connectivity index (χ0v) is 14.0. The van der Waals surface area contributed by atoms with E-state index in [2.05, 4.69) is 26.9 Å². The first-order valence-corrected chi connectivity index (χ1v) is 8.82. The van der Waals surface area contributed by atoms with Crippen LogP contribution >= 0.6 is 0 Å². The Balaban J connectivity index is 1.38. The summed E-state index contributed by atoms with van der Waals surface area (Å²) < 4.78 is 5.49. The second kappa shape index (κ2) is 7.28. The van der Waals surface area contributed by atoms with Gasteiger partial charge in [0.25, 0.3) is 0 Å². The Labute approximate surface area is 143 Å². The number of nitrogens with zero attached hydrogens (tertiary/aromatic N) is 4. The van der Waals surface area contributed by atoms with Crippen LogP contribution in [0, 0.1) is 5.92 Å². The van der Waals surface area contributed by atoms with E-state index in [1.807, 2.05) is 30.5 Å². The number of anilines is 1. The maximum absolute atomic E-state index is 5.49. The summed E-state index contributed by atoms with van der Waals surface area (Å²) in [5.41, 5.74) is 2.13. The van der Waals surface area contributed by atoms with Crippen molar-refractivity contribution >= 4 is 5.95 Å². The molecule has 0 radical (unpaired) electrons. The first-order chi connectivity index (χ1) is 11.9. The average molecular weight is 324 g/mol. The van der Waals surface area contributed by atoms with Crippen molar-refractivity contribution < 1.29 is 4.74 Å². The Morgan fingerprint density at radius 3 is 2.62 bits per heavy atom. The van der Waals surface area contributed by atoms with Gasteiger partial charge in [-0.3, -0.25) is 4.90 Å². The van der Waals surface area contributed by atoms with Gasteiger partial charge in [-0.1, -0.05) is 30.3 Å². The monoisotopic (exact) mass is 324 g/mol. The summed E-state index contributed by atoms with van der Waals surface area (Å²) in [6.45, 7) is 7.18. The van der Waals surface area contributed by atoms with Crippen LogP contribution in [0.25, 0.3) is 11.3 Å². The van der Waals surface area contributed by atoms with E-state index in [0.29, 0.717) is 5.92 Å². The second-order valence-corrected chi connectivity index (χ2v) is 6.63. The molecule has 0 aliphatic carbocycles. The summed E-state index contributed by atoms with van der Waals surface area (Å²) in [5.74, 6) is 1.56. The molecule has 126 valence electrons. The second-order valence-electron chi connectivity index (χ2n) is 6.63. The highest BCUT2D eigenvalue weighted by atomic mass is 16.5. The number of aromatic nitrogens is 2. The van der Waals surface area contributed by atoms with Crippen LogP contribution in [0.4, 0.5) is 5.95 Å². The molecule has 1 aromatic carbocycles. The molecule has 1 aromatic heterocycles. The molecule has 0 spiro atoms. The highest BCUT2D eigenvalue weighted by molar-refractivity contribution is 5.59. The van der Waals surface area contributed by atoms with Crippen LogP contribution in [0.3, 0.4) is 0 Å². The Morgan fingerprint density at radius 1 is 1.04 bits per heavy atom. The molecular formula is C19H24N4O. The number of hydrogen-bond acceptors (Lipinski definition) is 5. The van der Waals surface area contributed by atoms with Crippen molar-refractivity contribution in [2.45, 2.75) is 6.42 Å². The van der Waals surface area contributed by atoms with Crippen molar-refractivity contribution in [3.63, 3.8) is 0 Å². The van der Waals surface area contributed by atoms with Gasteiger partial charge < -0.3 is 9.64 Å². The molecular weight excluding hydrogens is 300 g/mol. The lowest BCUT2D eigenvalue weighted by Crippen LogP contribution is -2.48. The summed E-state index contributed by atoms with van der Waals surface area (Å²) in [6.07, 6.45) is 3.08. The molecule has 0 saturated carbocycles. The average Bonchev–Trinajstić information content (AvgIpc) is 3.16. The fourth-order valence-electron chi connectivity index (χ4n) is 3.49. The quantitative estimate of drug-likeness (QED) is 0.863. The number of benzene rings is 1. The van der Waals surface area contributed by atoms with Gasteiger partial charge >= 0.3 is 0 Å². The topological polar surface area (TPSA) is 41.5 Å². The van der Waals surface area contributed by atoms with Gasteiger partial charge in [-0.15, -0.1) is 0 Å². The van der Waals surface area contributed by atoms with Gasteiger partial charge in [-0.05, 0) is 18.4 Å². The van der Waals surface area contributed by atoms with Crippen molar-refractivity contribution in [3.05, 3.63) is 42.6 Å². The van der Waals surface area contributed by atoms with Crippen molar-refractivity contribution in [1.29, 1.82) is 0 Å². The van der Waals surface area contributed by atoms with Gasteiger partial charge in [-0.2, -0.15) is 0 Å². The predicted octanol–water partition coefficient (Wildman–Crippen LogP) is 2.30. The Morgan fingerprint density at radius 2 is 1.88 bits per heavy atom. The van der Waals surface area contributed by atoms with Crippen LogP contribution in [0.1, 0.15) is 6.42 Å². The van der Waals surface area contributed by atoms with E-state index in [4.69, 9.17) is 9.72 Å². The van der Waals surface area contributed by atoms with E-state index in [0.717, 1.165) is 56.6 Å². The van der Waals surface area contributed by atoms with E-state index in [1.165, 1.54) is 13.0 Å². The summed E-state index contributed by atoms with van der Waals surface area (Å²) in [4.78, 5) is 14.1. The molecule has 5 nitrogen and oxygen atoms in total. The van der Waals surface area contributed by atoms with Crippen LogP contribution in [0.5, 0.6) is 0 Å². The summed E-state index contributed by atoms with van der Waals surface area (Å²) in [6, 6.07) is 12.3. The lowest BCUT2D eigenvalue weighted by Gasteiger charge is -2.35. The molecule has 0 bridgehead atoms. The molecule has 24 heavy (non-hydrogen) atoms. The maximum atomic E-state index is 5.49. The molecule has 2 fully saturated rings. The van der Waals surface area contributed by atoms with Crippen molar-refractivity contribution in [3.8, 4) is 11.3 Å². The summed E-state index contributed by atoms with van der Waals surface area (Å²) >= 11 is 0. The van der Waals surface area contributed by atoms with Crippen molar-refractivity contribution in [2.75, 3.05) is 50.8 Å². The molecule has 4 rings (SSSR count). The molecule has 0 amide bonds. The van der Waals surface area contributed by atoms with Gasteiger partial charge in [0.05, 0.1) is 12.3 Å². The van der Waals surface area contributed by atoms with Crippen molar-refractivity contribution in [1.82, 2.24) is 14.9 Å². The van der Waals surface area contributed by atoms with E-state index in [9.17, 15) is 0 Å². The van der Waals surface area contributed by atoms with Crippen LogP contribution in [0.15, 0.2) is 42.6 Å². The maximum Gasteiger partial charge on any atom is 0.225 e. The molecule has 2 saturated heterocycles. The van der Waals surface area contributed by atoms with Crippen LogP contribution < -0.4 is 4.90 Å². The third kappa shape index (κ3) is 3.57. The smallest absolute Gasteiger partial charge is 0.225 e. The first-order valence-electron chi connectivity index (χ1n) is 8.82. The summed E-state index contributed by atoms with van der Waals surface area (Å²) in [5, 5.41) is 0. The first kappa shape index (κ1) is 15.5. The van der Waals surface area contributed by atoms with Crippen LogP contribution in [-0.4, -0.2) is 60.8 Å². The molecule has 2 aliphatic heterocycles. The zero-order chi connectivity index (χ0) is 16.2. The van der Waals surface area contributed by atoms with E-state index >= 15 is 0 Å². The molecule has 1 atom stereocenters. The largest absolute Gasteiger partial charge is 0.381 e. The minimum absolute atomic E-state index is 0.717. The minimum Gasteiger partial charge on any atom is -0.381 e. The lowest BCUT2D eigenvalue weighted by atomic mass is 10.1.